The normalized spacial score (nSPS) is 12.6. The van der Waals surface area contributed by atoms with E-state index >= 15 is 0 Å². The highest BCUT2D eigenvalue weighted by molar-refractivity contribution is 9.10. The van der Waals surface area contributed by atoms with Crippen molar-refractivity contribution in [3.8, 4) is 62.1 Å². The third kappa shape index (κ3) is 24.8. The van der Waals surface area contributed by atoms with E-state index < -0.39 is 37.9 Å². The number of nitrogens with two attached hydrogens (primary N) is 4. The number of hydrogen-bond acceptors (Lipinski definition) is 20. The molecule has 564 valence electrons. The number of nitrogens with zero attached hydrogens (tertiary/aromatic N) is 4. The van der Waals surface area contributed by atoms with E-state index in [4.69, 9.17) is 82.9 Å². The number of amides is 1. The maximum atomic E-state index is 12.5. The van der Waals surface area contributed by atoms with Crippen LogP contribution >= 0.6 is 38.2 Å². The third-order valence-electron chi connectivity index (χ3n) is 15.8. The van der Waals surface area contributed by atoms with Crippen molar-refractivity contribution in [3.63, 3.8) is 0 Å². The highest BCUT2D eigenvalue weighted by Gasteiger charge is 2.52. The number of nitrogen functional groups attached to an aromatic ring is 4. The van der Waals surface area contributed by atoms with Gasteiger partial charge in [-0.15, -0.1) is 11.6 Å². The van der Waals surface area contributed by atoms with Crippen molar-refractivity contribution in [2.45, 2.75) is 92.0 Å². The number of rotatable bonds is 17. The molecule has 1 aliphatic heterocycles. The quantitative estimate of drug-likeness (QED) is 0.0245. The molecule has 25 nitrogen and oxygen atoms in total. The van der Waals surface area contributed by atoms with Crippen LogP contribution in [0.2, 0.25) is 0 Å². The predicted molar refractivity (Wildman–Crippen MR) is 425 cm³/mol. The fraction of sp³-hybridized carbons (Fsp3) is 0.342. The Morgan fingerprint density at radius 2 is 0.981 bits per heavy atom. The van der Waals surface area contributed by atoms with Crippen LogP contribution in [0.25, 0.3) is 33.4 Å². The van der Waals surface area contributed by atoms with Gasteiger partial charge in [0, 0.05) is 147 Å². The van der Waals surface area contributed by atoms with Gasteiger partial charge in [-0.05, 0) is 186 Å². The SMILES string of the molecule is C=CS(=O)(=O)Nc1ccc(OC)c(-c2cc(CC)c(=O)n(C)c2)c1.CCc1cc(-c2cc(N)ccc2OC)cn(C)c1=O.COc1ccc(N)cc1-c1cc(N(C)C(=O)OC(C)(C)C)c(=O)n(C)c1.COc1ccc(N)cc1B1OC(C)(C)C(C)(C)O1.COc1ccc(N)cc1Br.O=S(=O)(Cl)CCCl. The topological polar surface area (TPSA) is 345 Å². The Morgan fingerprint density at radius 1 is 0.606 bits per heavy atom. The molecule has 0 bridgehead atoms. The number of nitrogens with one attached hydrogen (secondary N) is 1. The highest BCUT2D eigenvalue weighted by Crippen LogP contribution is 2.39. The van der Waals surface area contributed by atoms with E-state index in [9.17, 15) is 36.0 Å². The van der Waals surface area contributed by atoms with Gasteiger partial charge in [-0.25, -0.2) is 21.6 Å². The lowest BCUT2D eigenvalue weighted by atomic mass is 9.78. The lowest BCUT2D eigenvalue weighted by Gasteiger charge is -2.32. The van der Waals surface area contributed by atoms with Gasteiger partial charge in [0.05, 0.1) is 57.0 Å². The fourth-order valence-corrected chi connectivity index (χ4v) is 12.0. The van der Waals surface area contributed by atoms with Gasteiger partial charge in [-0.3, -0.25) is 24.0 Å². The summed E-state index contributed by atoms with van der Waals surface area (Å²) in [5.74, 6) is 3.37. The summed E-state index contributed by atoms with van der Waals surface area (Å²) in [6, 6.07) is 31.9. The first-order valence-corrected chi connectivity index (χ1v) is 37.5. The van der Waals surface area contributed by atoms with E-state index in [-0.39, 0.29) is 45.2 Å². The maximum absolute atomic E-state index is 12.5. The minimum Gasteiger partial charge on any atom is -0.497 e. The second-order valence-electron chi connectivity index (χ2n) is 25.2. The number of methoxy groups -OCH3 is 5. The van der Waals surface area contributed by atoms with Crippen molar-refractivity contribution in [3.05, 3.63) is 186 Å². The molecule has 0 radical (unpaired) electrons. The summed E-state index contributed by atoms with van der Waals surface area (Å²) in [5, 5.41) is 0.846. The average Bonchev–Trinajstić information content (AvgIpc) is 1.10. The van der Waals surface area contributed by atoms with Crippen LogP contribution in [0, 0.1) is 0 Å². The average molecular weight is 1580 g/mol. The van der Waals surface area contributed by atoms with Crippen LogP contribution in [-0.2, 0) is 67.1 Å². The molecule has 3 aromatic heterocycles. The van der Waals surface area contributed by atoms with E-state index in [0.29, 0.717) is 63.8 Å². The monoisotopic (exact) mass is 1580 g/mol. The van der Waals surface area contributed by atoms with Gasteiger partial charge >= 0.3 is 13.2 Å². The lowest BCUT2D eigenvalue weighted by molar-refractivity contribution is 0.00578. The van der Waals surface area contributed by atoms with Crippen molar-refractivity contribution >= 4 is 110 Å². The Bertz CT molecular complexity index is 4730. The van der Waals surface area contributed by atoms with Crippen LogP contribution in [0.1, 0.15) is 73.4 Å². The molecule has 4 heterocycles. The smallest absolute Gasteiger partial charge is 0.497 e. The van der Waals surface area contributed by atoms with Gasteiger partial charge in [0.2, 0.25) is 9.05 Å². The van der Waals surface area contributed by atoms with Crippen molar-refractivity contribution in [1.82, 2.24) is 13.7 Å². The van der Waals surface area contributed by atoms with Crippen LogP contribution in [0.4, 0.5) is 38.9 Å². The van der Waals surface area contributed by atoms with Gasteiger partial charge in [0.15, 0.2) is 0 Å². The number of carbonyl (C=O) groups is 1. The Kier molecular flexibility index (Phi) is 32.0. The lowest BCUT2D eigenvalue weighted by Crippen LogP contribution is -2.41. The Balaban J connectivity index is 0.000000275. The molecule has 0 aliphatic carbocycles. The van der Waals surface area contributed by atoms with Crippen LogP contribution in [0.3, 0.4) is 0 Å². The Morgan fingerprint density at radius 3 is 1.36 bits per heavy atom. The zero-order valence-electron chi connectivity index (χ0n) is 61.9. The van der Waals surface area contributed by atoms with Crippen molar-refractivity contribution < 1.29 is 59.4 Å². The van der Waals surface area contributed by atoms with Gasteiger partial charge < -0.3 is 74.4 Å². The highest BCUT2D eigenvalue weighted by atomic mass is 79.9. The van der Waals surface area contributed by atoms with Gasteiger partial charge in [0.1, 0.15) is 40.0 Å². The summed E-state index contributed by atoms with van der Waals surface area (Å²) < 4.78 is 94.7. The van der Waals surface area contributed by atoms with E-state index in [1.54, 1.807) is 166 Å². The number of alkyl halides is 1. The largest absolute Gasteiger partial charge is 0.498 e. The Hall–Kier alpha value is -9.10. The second-order valence-corrected chi connectivity index (χ2v) is 30.9. The summed E-state index contributed by atoms with van der Waals surface area (Å²) in [7, 11) is 11.9. The molecular weight excluding hydrogens is 1480 g/mol. The van der Waals surface area contributed by atoms with Crippen LogP contribution in [0.5, 0.6) is 28.7 Å². The van der Waals surface area contributed by atoms with Gasteiger partial charge in [0.25, 0.3) is 26.7 Å². The van der Waals surface area contributed by atoms with Crippen LogP contribution < -0.4 is 78.4 Å². The molecule has 1 aliphatic rings. The molecule has 31 heteroatoms. The van der Waals surface area contributed by atoms with Crippen LogP contribution in [0.15, 0.2) is 159 Å². The first kappa shape index (κ1) is 87.3. The molecule has 0 atom stereocenters. The summed E-state index contributed by atoms with van der Waals surface area (Å²) in [6.07, 6.45) is 5.87. The number of sulfonamides is 1. The molecule has 5 aromatic carbocycles. The molecule has 9 rings (SSSR count). The molecule has 0 unspecified atom stereocenters. The van der Waals surface area contributed by atoms with Crippen molar-refractivity contribution in [2.75, 3.05) is 86.8 Å². The number of pyridine rings is 3. The number of aryl methyl sites for hydroxylation is 5. The molecule has 1 fully saturated rings. The molecular formula is C73H95BBrCl2N9O16S2. The van der Waals surface area contributed by atoms with E-state index in [0.717, 1.165) is 66.1 Å². The van der Waals surface area contributed by atoms with Gasteiger partial charge in [-0.2, -0.15) is 0 Å². The number of halogens is 3. The molecule has 8 aromatic rings. The van der Waals surface area contributed by atoms with Crippen LogP contribution in [-0.4, -0.2) is 115 Å². The number of hydrogen-bond donors (Lipinski definition) is 5. The first-order valence-electron chi connectivity index (χ1n) is 32.1. The number of carbonyl (C=O) groups excluding carboxylic acids is 1. The molecule has 104 heavy (non-hydrogen) atoms. The number of benzene rings is 5. The minimum absolute atomic E-state index is 0.0362. The predicted octanol–water partition coefficient (Wildman–Crippen LogP) is 12.1. The molecule has 0 spiro atoms. The Labute approximate surface area is 627 Å². The fourth-order valence-electron chi connectivity index (χ4n) is 9.66. The van der Waals surface area contributed by atoms with Gasteiger partial charge in [-0.1, -0.05) is 20.4 Å². The molecule has 9 N–H and O–H groups in total. The number of ether oxygens (including phenoxy) is 6. The van der Waals surface area contributed by atoms with Crippen molar-refractivity contribution in [2.24, 2.45) is 21.1 Å². The molecule has 1 amide bonds. The standard InChI is InChI=1S/C19H25N3O4.C17H20N2O4S.C15H18N2O2.C13H20BNO3.C7H8BrNO.C2H4Cl2O2S/c1-19(2,3)26-18(24)22(5)15-9-12(11-21(4)17(15)23)14-10-13(20)7-8-16(14)25-6;1-5-12-9-13(11-19(3)17(12)20)15-10-14(7-8-16(15)23-4)18-24(21,22)6-2;1-4-10-7-11(9-17(2)15(10)18)13-8-12(16)5-6-14(13)19-3;1-12(2)13(3,4)18-14(17-12)10-8-9(15)6-7-11(10)16-5;1-10-7-3-2-5(9)4-6(7)8;3-1-2-7(4,5)6/h7-11H,20H2,1-6H3;6-11,18H,2,5H2,1,3-4H3;5-9H,4,16H2,1-3H3;6-8H,15H2,1-5H3;2-4H,9H2,1H3;1-2H2. The summed E-state index contributed by atoms with van der Waals surface area (Å²) in [5.41, 5.74) is 31.5. The van der Waals surface area contributed by atoms with E-state index in [2.05, 4.69) is 27.2 Å². The zero-order valence-corrected chi connectivity index (χ0v) is 66.6. The second kappa shape index (κ2) is 38.1. The number of aromatic nitrogens is 3. The summed E-state index contributed by atoms with van der Waals surface area (Å²) in [6.45, 7) is 20.5. The number of anilines is 6. The van der Waals surface area contributed by atoms with E-state index in [1.807, 2.05) is 77.9 Å². The maximum Gasteiger partial charge on any atom is 0.498 e. The summed E-state index contributed by atoms with van der Waals surface area (Å²) >= 11 is 8.32. The van der Waals surface area contributed by atoms with Crippen molar-refractivity contribution in [1.29, 1.82) is 0 Å². The zero-order chi connectivity index (χ0) is 78.6. The third-order valence-corrected chi connectivity index (χ3v) is 18.9. The summed E-state index contributed by atoms with van der Waals surface area (Å²) in [4.78, 5) is 50.1. The first-order chi connectivity index (χ1) is 48.5. The molecule has 1 saturated heterocycles. The minimum atomic E-state index is -3.60. The van der Waals surface area contributed by atoms with E-state index in [1.165, 1.54) is 28.2 Å². The molecule has 0 saturated carbocycles.